The molecule has 2 heterocycles. The first-order valence-electron chi connectivity index (χ1n) is 6.16. The van der Waals surface area contributed by atoms with Gasteiger partial charge in [-0.2, -0.15) is 0 Å². The standard InChI is InChI=1S/C14H13N5S/c1-9-14(18-11-5-3-2-4-10(11)17-9)20-8-13-16-7-6-12(15)19-13/h2-7H,8H2,1H3,(H2,15,16,19). The molecular weight excluding hydrogens is 270 g/mol. The van der Waals surface area contributed by atoms with E-state index >= 15 is 0 Å². The molecule has 0 saturated carbocycles. The number of thioether (sulfide) groups is 1. The molecule has 0 radical (unpaired) electrons. The first-order chi connectivity index (χ1) is 9.72. The highest BCUT2D eigenvalue weighted by atomic mass is 32.2. The fraction of sp³-hybridized carbons (Fsp3) is 0.143. The van der Waals surface area contributed by atoms with Crippen molar-refractivity contribution in [2.45, 2.75) is 17.7 Å². The van der Waals surface area contributed by atoms with Gasteiger partial charge in [0, 0.05) is 6.20 Å². The van der Waals surface area contributed by atoms with Crippen LogP contribution in [0, 0.1) is 6.92 Å². The highest BCUT2D eigenvalue weighted by Crippen LogP contribution is 2.24. The number of fused-ring (bicyclic) bond motifs is 1. The van der Waals surface area contributed by atoms with Crippen LogP contribution >= 0.6 is 11.8 Å². The van der Waals surface area contributed by atoms with Gasteiger partial charge in [-0.3, -0.25) is 0 Å². The molecular formula is C14H13N5S. The molecule has 0 aliphatic heterocycles. The van der Waals surface area contributed by atoms with Crippen LogP contribution in [0.4, 0.5) is 5.82 Å². The maximum absolute atomic E-state index is 5.64. The number of aromatic nitrogens is 4. The number of rotatable bonds is 3. The summed E-state index contributed by atoms with van der Waals surface area (Å²) in [5, 5.41) is 0.898. The Morgan fingerprint density at radius 3 is 2.55 bits per heavy atom. The number of para-hydroxylation sites is 2. The average Bonchev–Trinajstić information content (AvgIpc) is 2.45. The predicted molar refractivity (Wildman–Crippen MR) is 80.3 cm³/mol. The van der Waals surface area contributed by atoms with E-state index in [1.807, 2.05) is 31.2 Å². The molecule has 6 heteroatoms. The van der Waals surface area contributed by atoms with E-state index < -0.39 is 0 Å². The Kier molecular flexibility index (Phi) is 3.47. The lowest BCUT2D eigenvalue weighted by atomic mass is 10.3. The Balaban J connectivity index is 1.85. The number of hydrogen-bond donors (Lipinski definition) is 1. The molecule has 2 N–H and O–H groups in total. The lowest BCUT2D eigenvalue weighted by molar-refractivity contribution is 1.01. The van der Waals surface area contributed by atoms with Gasteiger partial charge in [0.05, 0.1) is 22.5 Å². The SMILES string of the molecule is Cc1nc2ccccc2nc1SCc1nccc(N)n1. The van der Waals surface area contributed by atoms with Gasteiger partial charge in [0.2, 0.25) is 0 Å². The Bertz CT molecular complexity index is 759. The van der Waals surface area contributed by atoms with Gasteiger partial charge >= 0.3 is 0 Å². The summed E-state index contributed by atoms with van der Waals surface area (Å²) < 4.78 is 0. The second-order valence-electron chi connectivity index (χ2n) is 4.29. The molecule has 3 aromatic rings. The van der Waals surface area contributed by atoms with Gasteiger partial charge in [-0.1, -0.05) is 23.9 Å². The molecule has 20 heavy (non-hydrogen) atoms. The molecule has 0 amide bonds. The fourth-order valence-corrected chi connectivity index (χ4v) is 2.65. The normalized spacial score (nSPS) is 10.8. The van der Waals surface area contributed by atoms with Gasteiger partial charge in [0.15, 0.2) is 0 Å². The minimum atomic E-state index is 0.483. The third kappa shape index (κ3) is 2.70. The molecule has 0 bridgehead atoms. The summed E-state index contributed by atoms with van der Waals surface area (Å²) in [4.78, 5) is 17.5. The zero-order chi connectivity index (χ0) is 13.9. The van der Waals surface area contributed by atoms with Gasteiger partial charge in [0.1, 0.15) is 16.7 Å². The highest BCUT2D eigenvalue weighted by molar-refractivity contribution is 7.98. The maximum atomic E-state index is 5.64. The molecule has 5 nitrogen and oxygen atoms in total. The van der Waals surface area contributed by atoms with E-state index in [0.29, 0.717) is 17.4 Å². The molecule has 0 atom stereocenters. The largest absolute Gasteiger partial charge is 0.384 e. The number of hydrogen-bond acceptors (Lipinski definition) is 6. The molecule has 0 saturated heterocycles. The summed E-state index contributed by atoms with van der Waals surface area (Å²) in [6.45, 7) is 1.96. The second kappa shape index (κ2) is 5.42. The summed E-state index contributed by atoms with van der Waals surface area (Å²) >= 11 is 1.57. The summed E-state index contributed by atoms with van der Waals surface area (Å²) in [6, 6.07) is 9.52. The Morgan fingerprint density at radius 2 is 1.80 bits per heavy atom. The lowest BCUT2D eigenvalue weighted by Gasteiger charge is -2.05. The van der Waals surface area contributed by atoms with E-state index in [4.69, 9.17) is 5.73 Å². The van der Waals surface area contributed by atoms with Crippen molar-refractivity contribution in [2.24, 2.45) is 0 Å². The van der Waals surface area contributed by atoms with E-state index in [0.717, 1.165) is 21.8 Å². The Labute approximate surface area is 120 Å². The fourth-order valence-electron chi connectivity index (χ4n) is 1.83. The van der Waals surface area contributed by atoms with E-state index in [2.05, 4.69) is 19.9 Å². The zero-order valence-electron chi connectivity index (χ0n) is 10.9. The molecule has 2 aromatic heterocycles. The number of nitrogens with two attached hydrogens (primary N) is 1. The molecule has 0 aliphatic rings. The minimum absolute atomic E-state index is 0.483. The zero-order valence-corrected chi connectivity index (χ0v) is 11.8. The third-order valence-corrected chi connectivity index (χ3v) is 3.83. The number of anilines is 1. The van der Waals surface area contributed by atoms with Gasteiger partial charge in [-0.25, -0.2) is 19.9 Å². The summed E-state index contributed by atoms with van der Waals surface area (Å²) in [6.07, 6.45) is 1.66. The number of aryl methyl sites for hydroxylation is 1. The molecule has 0 fully saturated rings. The quantitative estimate of drug-likeness (QED) is 0.744. The molecule has 0 unspecified atom stereocenters. The molecule has 100 valence electrons. The van der Waals surface area contributed by atoms with Crippen molar-refractivity contribution in [3.05, 3.63) is 48.0 Å². The highest BCUT2D eigenvalue weighted by Gasteiger charge is 2.07. The van der Waals surface area contributed by atoms with E-state index in [1.54, 1.807) is 24.0 Å². The average molecular weight is 283 g/mol. The number of nitrogens with zero attached hydrogens (tertiary/aromatic N) is 4. The smallest absolute Gasteiger partial charge is 0.140 e. The van der Waals surface area contributed by atoms with Crippen LogP contribution in [0.3, 0.4) is 0 Å². The van der Waals surface area contributed by atoms with Gasteiger partial charge in [0.25, 0.3) is 0 Å². The summed E-state index contributed by atoms with van der Waals surface area (Å²) in [7, 11) is 0. The van der Waals surface area contributed by atoms with Crippen LogP contribution in [-0.2, 0) is 5.75 Å². The van der Waals surface area contributed by atoms with Crippen molar-refractivity contribution in [1.29, 1.82) is 0 Å². The van der Waals surface area contributed by atoms with E-state index in [9.17, 15) is 0 Å². The summed E-state index contributed by atoms with van der Waals surface area (Å²) in [5.41, 5.74) is 8.37. The number of benzene rings is 1. The lowest BCUT2D eigenvalue weighted by Crippen LogP contribution is -1.98. The first-order valence-corrected chi connectivity index (χ1v) is 7.14. The predicted octanol–water partition coefficient (Wildman–Crippen LogP) is 2.60. The van der Waals surface area contributed by atoms with E-state index in [-0.39, 0.29) is 0 Å². The maximum Gasteiger partial charge on any atom is 0.140 e. The first kappa shape index (κ1) is 12.8. The Morgan fingerprint density at radius 1 is 1.05 bits per heavy atom. The molecule has 0 aliphatic carbocycles. The van der Waals surface area contributed by atoms with Crippen LogP contribution in [0.1, 0.15) is 11.5 Å². The van der Waals surface area contributed by atoms with Gasteiger partial charge in [-0.05, 0) is 25.1 Å². The van der Waals surface area contributed by atoms with Gasteiger partial charge in [-0.15, -0.1) is 0 Å². The molecule has 1 aromatic carbocycles. The van der Waals surface area contributed by atoms with Crippen LogP contribution in [-0.4, -0.2) is 19.9 Å². The second-order valence-corrected chi connectivity index (χ2v) is 5.25. The van der Waals surface area contributed by atoms with Crippen molar-refractivity contribution in [2.75, 3.05) is 5.73 Å². The molecule has 0 spiro atoms. The van der Waals surface area contributed by atoms with Crippen molar-refractivity contribution in [3.8, 4) is 0 Å². The monoisotopic (exact) mass is 283 g/mol. The van der Waals surface area contributed by atoms with Crippen LogP contribution in [0.2, 0.25) is 0 Å². The number of nitrogen functional groups attached to an aromatic ring is 1. The van der Waals surface area contributed by atoms with Crippen molar-refractivity contribution in [3.63, 3.8) is 0 Å². The van der Waals surface area contributed by atoms with Crippen LogP contribution in [0.5, 0.6) is 0 Å². The van der Waals surface area contributed by atoms with Crippen molar-refractivity contribution < 1.29 is 0 Å². The third-order valence-electron chi connectivity index (χ3n) is 2.77. The van der Waals surface area contributed by atoms with Crippen LogP contribution in [0.15, 0.2) is 41.6 Å². The van der Waals surface area contributed by atoms with Crippen molar-refractivity contribution >= 4 is 28.6 Å². The Hall–Kier alpha value is -2.21. The van der Waals surface area contributed by atoms with E-state index in [1.165, 1.54) is 0 Å². The van der Waals surface area contributed by atoms with Crippen LogP contribution < -0.4 is 5.73 Å². The molecule has 3 rings (SSSR count). The topological polar surface area (TPSA) is 77.6 Å². The minimum Gasteiger partial charge on any atom is -0.384 e. The van der Waals surface area contributed by atoms with Gasteiger partial charge < -0.3 is 5.73 Å². The van der Waals surface area contributed by atoms with Crippen molar-refractivity contribution in [1.82, 2.24) is 19.9 Å². The summed E-state index contributed by atoms with van der Waals surface area (Å²) in [5.74, 6) is 1.81. The van der Waals surface area contributed by atoms with Crippen LogP contribution in [0.25, 0.3) is 11.0 Å².